The van der Waals surface area contributed by atoms with Crippen molar-refractivity contribution in [3.63, 3.8) is 0 Å². The quantitative estimate of drug-likeness (QED) is 0.260. The number of hydrogen-bond donors (Lipinski definition) is 5. The average Bonchev–Trinajstić information content (AvgIpc) is 3.53. The molecule has 6 rings (SSSR count). The summed E-state index contributed by atoms with van der Waals surface area (Å²) in [6.45, 7) is 4.75. The number of benzene rings is 1. The van der Waals surface area contributed by atoms with Crippen molar-refractivity contribution in [3.8, 4) is 0 Å². The lowest BCUT2D eigenvalue weighted by Gasteiger charge is -2.27. The highest BCUT2D eigenvalue weighted by Crippen LogP contribution is 2.53. The van der Waals surface area contributed by atoms with Gasteiger partial charge in [-0.15, -0.1) is 0 Å². The van der Waals surface area contributed by atoms with E-state index >= 15 is 0 Å². The van der Waals surface area contributed by atoms with E-state index in [1.165, 1.54) is 0 Å². The number of fused-ring (bicyclic) bond motifs is 2. The summed E-state index contributed by atoms with van der Waals surface area (Å²) in [5, 5.41) is 31.4. The summed E-state index contributed by atoms with van der Waals surface area (Å²) in [5.41, 5.74) is 8.25. The summed E-state index contributed by atoms with van der Waals surface area (Å²) in [6, 6.07) is 10.2. The highest BCUT2D eigenvalue weighted by Gasteiger charge is 2.56. The zero-order chi connectivity index (χ0) is 25.2. The minimum atomic E-state index is -0.895. The molecule has 3 aromatic heterocycles. The van der Waals surface area contributed by atoms with E-state index in [0.29, 0.717) is 25.2 Å². The maximum atomic E-state index is 11.3. The van der Waals surface area contributed by atoms with Crippen LogP contribution in [0.3, 0.4) is 0 Å². The van der Waals surface area contributed by atoms with E-state index in [1.54, 1.807) is 6.33 Å². The van der Waals surface area contributed by atoms with Crippen LogP contribution in [0.25, 0.3) is 21.9 Å². The Labute approximate surface area is 217 Å². The molecule has 188 valence electrons. The molecule has 0 bridgehead atoms. The van der Waals surface area contributed by atoms with Gasteiger partial charge in [-0.2, -0.15) is 0 Å². The first-order chi connectivity index (χ1) is 17.3. The van der Waals surface area contributed by atoms with Gasteiger partial charge in [0.25, 0.3) is 0 Å². The van der Waals surface area contributed by atoms with Gasteiger partial charge in [-0.1, -0.05) is 12.1 Å². The van der Waals surface area contributed by atoms with Crippen molar-refractivity contribution in [2.75, 3.05) is 17.6 Å². The third-order valence-electron chi connectivity index (χ3n) is 7.79. The molecular formula is C26H30BrN7O2. The van der Waals surface area contributed by atoms with E-state index < -0.39 is 17.6 Å². The zero-order valence-corrected chi connectivity index (χ0v) is 21.8. The van der Waals surface area contributed by atoms with Gasteiger partial charge in [-0.3, -0.25) is 0 Å². The van der Waals surface area contributed by atoms with Gasteiger partial charge in [-0.25, -0.2) is 15.0 Å². The summed E-state index contributed by atoms with van der Waals surface area (Å²) in [5.74, 6) is 1.24. The van der Waals surface area contributed by atoms with Crippen molar-refractivity contribution in [1.82, 2.24) is 24.8 Å². The van der Waals surface area contributed by atoms with E-state index in [9.17, 15) is 10.2 Å². The number of anilines is 2. The van der Waals surface area contributed by atoms with Crippen LogP contribution in [0.4, 0.5) is 11.6 Å². The van der Waals surface area contributed by atoms with Crippen LogP contribution in [0.5, 0.6) is 0 Å². The lowest BCUT2D eigenvalue weighted by Crippen LogP contribution is -2.38. The van der Waals surface area contributed by atoms with Crippen molar-refractivity contribution in [2.45, 2.75) is 57.0 Å². The predicted molar refractivity (Wildman–Crippen MR) is 144 cm³/mol. The van der Waals surface area contributed by atoms with Gasteiger partial charge in [0.15, 0.2) is 0 Å². The second-order valence-electron chi connectivity index (χ2n) is 10.5. The maximum Gasteiger partial charge on any atom is 0.145 e. The smallest absolute Gasteiger partial charge is 0.145 e. The van der Waals surface area contributed by atoms with Gasteiger partial charge in [0.05, 0.1) is 27.5 Å². The van der Waals surface area contributed by atoms with Crippen molar-refractivity contribution in [2.24, 2.45) is 5.41 Å². The minimum absolute atomic E-state index is 0.0484. The number of aliphatic hydroxyl groups is 2. The Morgan fingerprint density at radius 3 is 2.83 bits per heavy atom. The molecular weight excluding hydrogens is 522 g/mol. The molecule has 1 aliphatic heterocycles. The highest BCUT2D eigenvalue weighted by atomic mass is 79.9. The fourth-order valence-electron chi connectivity index (χ4n) is 6.00. The van der Waals surface area contributed by atoms with E-state index in [4.69, 9.17) is 5.73 Å². The number of nitrogens with zero attached hydrogens (tertiary/aromatic N) is 4. The number of halogens is 1. The zero-order valence-electron chi connectivity index (χ0n) is 20.2. The molecule has 5 unspecified atom stereocenters. The number of rotatable bonds is 4. The van der Waals surface area contributed by atoms with Gasteiger partial charge >= 0.3 is 0 Å². The molecule has 9 nitrogen and oxygen atoms in total. The summed E-state index contributed by atoms with van der Waals surface area (Å²) in [6.07, 6.45) is 3.11. The number of nitrogens with two attached hydrogens (primary N) is 1. The molecule has 1 aromatic carbocycles. The Morgan fingerprint density at radius 1 is 1.19 bits per heavy atom. The van der Waals surface area contributed by atoms with Crippen LogP contribution < -0.4 is 16.4 Å². The first kappa shape index (κ1) is 23.6. The third-order valence-corrected chi connectivity index (χ3v) is 8.42. The van der Waals surface area contributed by atoms with Gasteiger partial charge in [0.2, 0.25) is 0 Å². The Morgan fingerprint density at radius 2 is 2.03 bits per heavy atom. The molecule has 1 aliphatic carbocycles. The maximum absolute atomic E-state index is 11.3. The van der Waals surface area contributed by atoms with Crippen molar-refractivity contribution >= 4 is 49.5 Å². The van der Waals surface area contributed by atoms with Gasteiger partial charge in [-0.05, 0) is 66.4 Å². The molecule has 1 saturated heterocycles. The standard InChI is InChI=1S/C26H30BrN7O2/c1-13(2)32-24-16-5-6-34(25(16)31-12-30-24)20-10-26(22(36)21(20)35)9-19(29-11-26)15-4-3-14-7-17(27)23(28)33-18(14)8-15/h3-8,12-13,19-22,29,35-36H,9-11H2,1-2H3,(H2,28,33)(H,30,31,32). The first-order valence-corrected chi connectivity index (χ1v) is 13.1. The van der Waals surface area contributed by atoms with Crippen LogP contribution in [-0.4, -0.2) is 54.5 Å². The number of aliphatic hydroxyl groups excluding tert-OH is 2. The second-order valence-corrected chi connectivity index (χ2v) is 11.4. The van der Waals surface area contributed by atoms with Crippen LogP contribution in [0.15, 0.2) is 47.3 Å². The van der Waals surface area contributed by atoms with E-state index in [1.807, 2.05) is 29.0 Å². The summed E-state index contributed by atoms with van der Waals surface area (Å²) in [4.78, 5) is 13.4. The van der Waals surface area contributed by atoms with Crippen LogP contribution in [-0.2, 0) is 0 Å². The Hall–Kier alpha value is -2.79. The van der Waals surface area contributed by atoms with E-state index in [2.05, 4.69) is 67.5 Å². The van der Waals surface area contributed by atoms with Gasteiger partial charge < -0.3 is 31.1 Å². The molecule has 2 fully saturated rings. The number of pyridine rings is 1. The fourth-order valence-corrected chi connectivity index (χ4v) is 6.34. The molecule has 36 heavy (non-hydrogen) atoms. The van der Waals surface area contributed by atoms with E-state index in [-0.39, 0.29) is 18.1 Å². The molecule has 0 amide bonds. The highest BCUT2D eigenvalue weighted by molar-refractivity contribution is 9.10. The van der Waals surface area contributed by atoms with Gasteiger partial charge in [0.1, 0.15) is 29.7 Å². The molecule has 4 aromatic rings. The van der Waals surface area contributed by atoms with Crippen LogP contribution >= 0.6 is 15.9 Å². The summed E-state index contributed by atoms with van der Waals surface area (Å²) < 4.78 is 2.78. The van der Waals surface area contributed by atoms with Crippen LogP contribution in [0.2, 0.25) is 0 Å². The molecule has 10 heteroatoms. The molecule has 2 aliphatic rings. The lowest BCUT2D eigenvalue weighted by atomic mass is 9.80. The minimum Gasteiger partial charge on any atom is -0.390 e. The van der Waals surface area contributed by atoms with Crippen molar-refractivity contribution in [3.05, 3.63) is 52.9 Å². The number of nitrogen functional groups attached to an aromatic ring is 1. The molecule has 1 spiro atoms. The first-order valence-electron chi connectivity index (χ1n) is 12.3. The fraction of sp³-hybridized carbons (Fsp3) is 0.423. The third kappa shape index (κ3) is 3.75. The largest absolute Gasteiger partial charge is 0.390 e. The summed E-state index contributed by atoms with van der Waals surface area (Å²) in [7, 11) is 0. The Balaban J connectivity index is 1.28. The molecule has 1 saturated carbocycles. The topological polar surface area (TPSA) is 134 Å². The van der Waals surface area contributed by atoms with E-state index in [0.717, 1.165) is 37.8 Å². The summed E-state index contributed by atoms with van der Waals surface area (Å²) >= 11 is 3.44. The van der Waals surface area contributed by atoms with Crippen molar-refractivity contribution in [1.29, 1.82) is 0 Å². The Kier molecular flexibility index (Phi) is 5.67. The lowest BCUT2D eigenvalue weighted by molar-refractivity contribution is -0.0218. The molecule has 4 heterocycles. The second kappa shape index (κ2) is 8.65. The SMILES string of the molecule is CC(C)Nc1ncnc2c1ccn2C1CC2(CNC(c3ccc4cc(Br)c(N)nc4c3)C2)C(O)C1O. The Bertz CT molecular complexity index is 1460. The average molecular weight is 552 g/mol. The van der Waals surface area contributed by atoms with Crippen LogP contribution in [0.1, 0.15) is 44.3 Å². The normalized spacial score (nSPS) is 28.2. The van der Waals surface area contributed by atoms with Crippen molar-refractivity contribution < 1.29 is 10.2 Å². The number of aromatic nitrogens is 4. The van der Waals surface area contributed by atoms with Gasteiger partial charge in [0, 0.05) is 35.6 Å². The van der Waals surface area contributed by atoms with Crippen LogP contribution in [0, 0.1) is 5.41 Å². The molecule has 6 N–H and O–H groups in total. The number of nitrogens with one attached hydrogen (secondary N) is 2. The molecule has 0 radical (unpaired) electrons. The predicted octanol–water partition coefficient (Wildman–Crippen LogP) is 3.53. The number of hydrogen-bond acceptors (Lipinski definition) is 8. The molecule has 5 atom stereocenters. The monoisotopic (exact) mass is 551 g/mol.